The van der Waals surface area contributed by atoms with Crippen molar-refractivity contribution in [3.8, 4) is 0 Å². The average molecular weight is 278 g/mol. The van der Waals surface area contributed by atoms with Crippen LogP contribution < -0.4 is 10.6 Å². The average Bonchev–Trinajstić information content (AvgIpc) is 3.16. The molecular formula is C16H26N2S. The maximum Gasteiger partial charge on any atom is 0.166 e. The number of fused-ring (bicyclic) bond motifs is 4. The Kier molecular flexibility index (Phi) is 3.21. The van der Waals surface area contributed by atoms with Crippen molar-refractivity contribution in [3.63, 3.8) is 0 Å². The fraction of sp³-hybridized carbons (Fsp3) is 0.938. The summed E-state index contributed by atoms with van der Waals surface area (Å²) in [6.45, 7) is 1.12. The van der Waals surface area contributed by atoms with E-state index < -0.39 is 0 Å². The standard InChI is InChI=1S/C16H26N2S/c19-16(18-15-8-11-2-4-13(15)6-11)17-9-14-7-10-1-3-12(14)5-10/h10-15H,1-9H2,(H2,17,18,19)/t10-,11-,12-,13-,14-,15-/m0/s1. The Labute approximate surface area is 122 Å². The summed E-state index contributed by atoms with van der Waals surface area (Å²) in [6, 6.07) is 0.679. The normalized spacial score (nSPS) is 46.7. The van der Waals surface area contributed by atoms with E-state index in [1.807, 2.05) is 0 Å². The van der Waals surface area contributed by atoms with Crippen molar-refractivity contribution in [3.05, 3.63) is 0 Å². The number of thiocarbonyl (C=S) groups is 1. The van der Waals surface area contributed by atoms with Crippen LogP contribution in [-0.2, 0) is 0 Å². The molecule has 0 heterocycles. The third-order valence-electron chi connectivity index (χ3n) is 6.46. The molecule has 4 rings (SSSR count). The van der Waals surface area contributed by atoms with Crippen molar-refractivity contribution in [2.24, 2.45) is 29.6 Å². The maximum atomic E-state index is 5.50. The van der Waals surface area contributed by atoms with E-state index in [2.05, 4.69) is 10.6 Å². The summed E-state index contributed by atoms with van der Waals surface area (Å²) in [4.78, 5) is 0. The Bertz CT molecular complexity index is 370. The fourth-order valence-electron chi connectivity index (χ4n) is 5.49. The highest BCUT2D eigenvalue weighted by molar-refractivity contribution is 7.80. The summed E-state index contributed by atoms with van der Waals surface area (Å²) in [5.41, 5.74) is 0. The summed E-state index contributed by atoms with van der Waals surface area (Å²) < 4.78 is 0. The second-order valence-electron chi connectivity index (χ2n) is 7.57. The molecule has 4 fully saturated rings. The van der Waals surface area contributed by atoms with Crippen molar-refractivity contribution in [2.45, 2.75) is 57.4 Å². The van der Waals surface area contributed by atoms with Gasteiger partial charge in [0, 0.05) is 12.6 Å². The molecule has 0 saturated heterocycles. The first-order valence-electron chi connectivity index (χ1n) is 8.32. The van der Waals surface area contributed by atoms with E-state index in [1.165, 1.54) is 51.4 Å². The first kappa shape index (κ1) is 12.4. The molecule has 0 unspecified atom stereocenters. The molecule has 0 radical (unpaired) electrons. The minimum Gasteiger partial charge on any atom is -0.362 e. The van der Waals surface area contributed by atoms with Gasteiger partial charge in [-0.1, -0.05) is 12.8 Å². The molecule has 0 aliphatic heterocycles. The Morgan fingerprint density at radius 1 is 0.895 bits per heavy atom. The number of hydrogen-bond acceptors (Lipinski definition) is 1. The maximum absolute atomic E-state index is 5.50. The molecular weight excluding hydrogens is 252 g/mol. The van der Waals surface area contributed by atoms with Crippen molar-refractivity contribution >= 4 is 17.3 Å². The van der Waals surface area contributed by atoms with Crippen molar-refractivity contribution in [1.29, 1.82) is 0 Å². The zero-order chi connectivity index (χ0) is 12.8. The van der Waals surface area contributed by atoms with Crippen LogP contribution in [0.25, 0.3) is 0 Å². The lowest BCUT2D eigenvalue weighted by molar-refractivity contribution is 0.330. The van der Waals surface area contributed by atoms with Crippen molar-refractivity contribution in [2.75, 3.05) is 6.54 Å². The highest BCUT2D eigenvalue weighted by Crippen LogP contribution is 2.48. The summed E-state index contributed by atoms with van der Waals surface area (Å²) in [5, 5.41) is 8.05. The second kappa shape index (κ2) is 4.91. The number of nitrogens with one attached hydrogen (secondary N) is 2. The molecule has 4 aliphatic carbocycles. The zero-order valence-corrected chi connectivity index (χ0v) is 12.6. The number of hydrogen-bond donors (Lipinski definition) is 2. The van der Waals surface area contributed by atoms with Crippen LogP contribution in [0.2, 0.25) is 0 Å². The van der Waals surface area contributed by atoms with Gasteiger partial charge in [0.25, 0.3) is 0 Å². The zero-order valence-electron chi connectivity index (χ0n) is 11.7. The van der Waals surface area contributed by atoms with Gasteiger partial charge in [-0.25, -0.2) is 0 Å². The lowest BCUT2D eigenvalue weighted by Gasteiger charge is -2.26. The predicted molar refractivity (Wildman–Crippen MR) is 81.9 cm³/mol. The molecule has 2 N–H and O–H groups in total. The van der Waals surface area contributed by atoms with Crippen LogP contribution in [0, 0.1) is 29.6 Å². The van der Waals surface area contributed by atoms with Gasteiger partial charge >= 0.3 is 0 Å². The molecule has 4 saturated carbocycles. The number of rotatable bonds is 3. The van der Waals surface area contributed by atoms with Crippen LogP contribution in [0.15, 0.2) is 0 Å². The lowest BCUT2D eigenvalue weighted by atomic mass is 9.89. The fourth-order valence-corrected chi connectivity index (χ4v) is 5.73. The molecule has 0 aromatic carbocycles. The van der Waals surface area contributed by atoms with Crippen LogP contribution in [0.4, 0.5) is 0 Å². The van der Waals surface area contributed by atoms with Gasteiger partial charge in [0.15, 0.2) is 5.11 Å². The molecule has 0 amide bonds. The molecule has 4 aliphatic rings. The van der Waals surface area contributed by atoms with Gasteiger partial charge in [-0.3, -0.25) is 0 Å². The molecule has 0 aromatic rings. The van der Waals surface area contributed by atoms with Gasteiger partial charge in [0.2, 0.25) is 0 Å². The lowest BCUT2D eigenvalue weighted by Crippen LogP contribution is -2.45. The molecule has 4 bridgehead atoms. The Morgan fingerprint density at radius 2 is 1.63 bits per heavy atom. The third kappa shape index (κ3) is 2.39. The topological polar surface area (TPSA) is 24.1 Å². The Morgan fingerprint density at radius 3 is 2.21 bits per heavy atom. The largest absolute Gasteiger partial charge is 0.362 e. The Balaban J connectivity index is 1.22. The molecule has 0 spiro atoms. The second-order valence-corrected chi connectivity index (χ2v) is 7.98. The van der Waals surface area contributed by atoms with E-state index >= 15 is 0 Å². The highest BCUT2D eigenvalue weighted by atomic mass is 32.1. The predicted octanol–water partition coefficient (Wildman–Crippen LogP) is 3.08. The van der Waals surface area contributed by atoms with E-state index in [0.29, 0.717) is 6.04 Å². The quantitative estimate of drug-likeness (QED) is 0.776. The highest BCUT2D eigenvalue weighted by Gasteiger charge is 2.41. The summed E-state index contributed by atoms with van der Waals surface area (Å²) in [5.74, 6) is 4.85. The van der Waals surface area contributed by atoms with E-state index in [9.17, 15) is 0 Å². The van der Waals surface area contributed by atoms with E-state index in [1.54, 1.807) is 0 Å². The third-order valence-corrected chi connectivity index (χ3v) is 6.73. The summed E-state index contributed by atoms with van der Waals surface area (Å²) >= 11 is 5.50. The van der Waals surface area contributed by atoms with Gasteiger partial charge in [-0.05, 0) is 80.3 Å². The monoisotopic (exact) mass is 278 g/mol. The summed E-state index contributed by atoms with van der Waals surface area (Å²) in [7, 11) is 0. The van der Waals surface area contributed by atoms with Crippen LogP contribution in [-0.4, -0.2) is 17.7 Å². The molecule has 2 nitrogen and oxygen atoms in total. The van der Waals surface area contributed by atoms with Crippen LogP contribution in [0.3, 0.4) is 0 Å². The van der Waals surface area contributed by atoms with Gasteiger partial charge in [0.05, 0.1) is 0 Å². The van der Waals surface area contributed by atoms with E-state index in [-0.39, 0.29) is 0 Å². The summed E-state index contributed by atoms with van der Waals surface area (Å²) in [6.07, 6.45) is 11.6. The van der Waals surface area contributed by atoms with Crippen LogP contribution in [0.5, 0.6) is 0 Å². The molecule has 6 atom stereocenters. The van der Waals surface area contributed by atoms with Crippen molar-refractivity contribution in [1.82, 2.24) is 10.6 Å². The van der Waals surface area contributed by atoms with Gasteiger partial charge < -0.3 is 10.6 Å². The van der Waals surface area contributed by atoms with E-state index in [4.69, 9.17) is 12.2 Å². The van der Waals surface area contributed by atoms with Gasteiger partial charge in [-0.15, -0.1) is 0 Å². The van der Waals surface area contributed by atoms with Gasteiger partial charge in [0.1, 0.15) is 0 Å². The first-order valence-corrected chi connectivity index (χ1v) is 8.73. The molecule has 3 heteroatoms. The molecule has 0 aromatic heterocycles. The van der Waals surface area contributed by atoms with E-state index in [0.717, 1.165) is 41.2 Å². The van der Waals surface area contributed by atoms with Crippen LogP contribution >= 0.6 is 12.2 Å². The molecule has 19 heavy (non-hydrogen) atoms. The van der Waals surface area contributed by atoms with Crippen LogP contribution in [0.1, 0.15) is 51.4 Å². The minimum absolute atomic E-state index is 0.679. The first-order chi connectivity index (χ1) is 9.28. The SMILES string of the molecule is S=C(NC[C@@H]1C[C@H]2CC[C@H]1C2)N[C@H]1C[C@H]2CC[C@H]1C2. The smallest absolute Gasteiger partial charge is 0.166 e. The molecule has 106 valence electrons. The van der Waals surface area contributed by atoms with Crippen molar-refractivity contribution < 1.29 is 0 Å². The minimum atomic E-state index is 0.679. The van der Waals surface area contributed by atoms with Gasteiger partial charge in [-0.2, -0.15) is 0 Å². The Hall–Kier alpha value is -0.310.